The highest BCUT2D eigenvalue weighted by Crippen LogP contribution is 2.00. The molecule has 0 saturated carbocycles. The molecule has 4 heteroatoms. The molecule has 0 aromatic heterocycles. The van der Waals surface area contributed by atoms with E-state index < -0.39 is 9.04 Å². The van der Waals surface area contributed by atoms with E-state index in [1.807, 2.05) is 0 Å². The second kappa shape index (κ2) is 7.00. The molecule has 0 fully saturated rings. The third kappa shape index (κ3) is 6.01. The molecule has 0 amide bonds. The lowest BCUT2D eigenvalue weighted by atomic mass is 10.4. The molecule has 0 radical (unpaired) electrons. The first-order valence-corrected chi connectivity index (χ1v) is 8.23. The van der Waals surface area contributed by atoms with E-state index in [-0.39, 0.29) is 9.76 Å². The highest BCUT2D eigenvalue weighted by Gasteiger charge is 2.01. The van der Waals surface area contributed by atoms with Gasteiger partial charge in [0.05, 0.1) is 6.07 Å². The van der Waals surface area contributed by atoms with Crippen molar-refractivity contribution in [2.75, 3.05) is 0 Å². The van der Waals surface area contributed by atoms with Crippen LogP contribution in [0.15, 0.2) is 0 Å². The number of hydrogen-bond donors (Lipinski definition) is 0. The Balaban J connectivity index is 3.06. The molecule has 2 nitrogen and oxygen atoms in total. The van der Waals surface area contributed by atoms with Crippen LogP contribution in [-0.4, -0.2) is 18.8 Å². The van der Waals surface area contributed by atoms with Gasteiger partial charge in [0.1, 0.15) is 9.76 Å². The lowest BCUT2D eigenvalue weighted by molar-refractivity contribution is 0.613. The topological polar surface area (TPSA) is 33.0 Å². The van der Waals surface area contributed by atoms with Crippen molar-refractivity contribution in [3.05, 3.63) is 0 Å². The van der Waals surface area contributed by atoms with Gasteiger partial charge >= 0.3 is 0 Å². The van der Waals surface area contributed by atoms with Gasteiger partial charge in [0, 0.05) is 6.42 Å². The van der Waals surface area contributed by atoms with Gasteiger partial charge in [0.25, 0.3) is 0 Å². The second-order valence-electron chi connectivity index (χ2n) is 2.32. The lowest BCUT2D eigenvalue weighted by Gasteiger charge is -2.07. The molecule has 0 bridgehead atoms. The molecule has 1 unspecified atom stereocenters. The molecule has 0 aliphatic carbocycles. The largest absolute Gasteiger partial charge is 0.463 e. The van der Waals surface area contributed by atoms with Gasteiger partial charge in [-0.25, -0.2) is 0 Å². The number of hydrogen-bond acceptors (Lipinski definition) is 2. The highest BCUT2D eigenvalue weighted by molar-refractivity contribution is 6.56. The average Bonchev–Trinajstić information content (AvgIpc) is 1.89. The fraction of sp³-hybridized carbons (Fsp3) is 0.833. The summed E-state index contributed by atoms with van der Waals surface area (Å²) in [6.45, 7) is 4.38. The Morgan fingerprint density at radius 2 is 2.40 bits per heavy atom. The van der Waals surface area contributed by atoms with E-state index in [0.29, 0.717) is 6.42 Å². The summed E-state index contributed by atoms with van der Waals surface area (Å²) < 4.78 is 5.56. The van der Waals surface area contributed by atoms with Gasteiger partial charge in [-0.1, -0.05) is 6.55 Å². The van der Waals surface area contributed by atoms with Crippen LogP contribution in [0.5, 0.6) is 0 Å². The van der Waals surface area contributed by atoms with E-state index in [2.05, 4.69) is 19.2 Å². The summed E-state index contributed by atoms with van der Waals surface area (Å²) in [6.07, 6.45) is 1.74. The molecule has 0 spiro atoms. The van der Waals surface area contributed by atoms with Crippen LogP contribution in [0, 0.1) is 11.3 Å². The third-order valence-corrected chi connectivity index (χ3v) is 6.18. The highest BCUT2D eigenvalue weighted by atomic mass is 28.3. The van der Waals surface area contributed by atoms with Crippen molar-refractivity contribution in [1.29, 1.82) is 5.26 Å². The first-order valence-electron chi connectivity index (χ1n) is 3.79. The number of unbranched alkanes of at least 4 members (excludes halogenated alkanes) is 1. The van der Waals surface area contributed by atoms with Gasteiger partial charge in [-0.3, -0.25) is 0 Å². The van der Waals surface area contributed by atoms with Crippen LogP contribution in [0.4, 0.5) is 0 Å². The van der Waals surface area contributed by atoms with E-state index >= 15 is 0 Å². The number of nitrogens with zero attached hydrogens (tertiary/aromatic N) is 1. The Hall–Kier alpha value is -0.116. The molecule has 0 N–H and O–H groups in total. The Kier molecular flexibility index (Phi) is 6.92. The summed E-state index contributed by atoms with van der Waals surface area (Å²) in [6, 6.07) is 3.32. The second-order valence-corrected chi connectivity index (χ2v) is 6.43. The fourth-order valence-electron chi connectivity index (χ4n) is 0.836. The zero-order valence-electron chi connectivity index (χ0n) is 6.76. The predicted molar refractivity (Wildman–Crippen MR) is 48.2 cm³/mol. The van der Waals surface area contributed by atoms with Crippen LogP contribution < -0.4 is 0 Å². The smallest absolute Gasteiger partial charge is 0.159 e. The van der Waals surface area contributed by atoms with Crippen molar-refractivity contribution >= 4 is 18.8 Å². The maximum Gasteiger partial charge on any atom is 0.159 e. The molecule has 0 heterocycles. The Morgan fingerprint density at radius 3 is 2.90 bits per heavy atom. The van der Waals surface area contributed by atoms with E-state index in [9.17, 15) is 0 Å². The number of nitriles is 1. The summed E-state index contributed by atoms with van der Waals surface area (Å²) in [5, 5.41) is 8.24. The molecular formula is C6H15NOSi2. The molecule has 0 aliphatic heterocycles. The Labute approximate surface area is 66.9 Å². The Bertz CT molecular complexity index is 113. The maximum atomic E-state index is 8.24. The van der Waals surface area contributed by atoms with Gasteiger partial charge in [-0.05, 0) is 19.0 Å². The minimum absolute atomic E-state index is 0.189. The number of rotatable bonds is 5. The van der Waals surface area contributed by atoms with Crippen molar-refractivity contribution in [2.24, 2.45) is 0 Å². The molecule has 0 rings (SSSR count). The van der Waals surface area contributed by atoms with Gasteiger partial charge in [-0.2, -0.15) is 5.26 Å². The van der Waals surface area contributed by atoms with Crippen LogP contribution in [0.2, 0.25) is 19.1 Å². The minimum atomic E-state index is -0.823. The first-order chi connectivity index (χ1) is 4.81. The monoisotopic (exact) mass is 173 g/mol. The van der Waals surface area contributed by atoms with E-state index in [1.165, 1.54) is 6.04 Å². The van der Waals surface area contributed by atoms with Crippen molar-refractivity contribution in [2.45, 2.75) is 32.0 Å². The third-order valence-electron chi connectivity index (χ3n) is 1.35. The average molecular weight is 173 g/mol. The van der Waals surface area contributed by atoms with E-state index in [0.717, 1.165) is 6.42 Å². The molecule has 1 atom stereocenters. The molecular weight excluding hydrogens is 158 g/mol. The fourth-order valence-corrected chi connectivity index (χ4v) is 4.56. The lowest BCUT2D eigenvalue weighted by Crippen LogP contribution is -2.13. The Morgan fingerprint density at radius 1 is 1.70 bits per heavy atom. The summed E-state index contributed by atoms with van der Waals surface area (Å²) in [4.78, 5) is 0. The summed E-state index contributed by atoms with van der Waals surface area (Å²) in [7, 11) is -1.01. The van der Waals surface area contributed by atoms with Crippen LogP contribution >= 0.6 is 0 Å². The standard InChI is InChI=1S/C6H15NOSi2/c1-9-8-10(2)6-4-3-5-7/h10H,3-4,6,9H2,1-2H3. The SMILES string of the molecule is C[SiH2]O[SiH](C)CCCC#N. The molecule has 0 aliphatic rings. The molecule has 0 aromatic carbocycles. The van der Waals surface area contributed by atoms with E-state index in [1.54, 1.807) is 0 Å². The molecule has 58 valence electrons. The summed E-state index contributed by atoms with van der Waals surface area (Å²) in [5.74, 6) is 0. The molecule has 10 heavy (non-hydrogen) atoms. The van der Waals surface area contributed by atoms with Crippen LogP contribution in [-0.2, 0) is 4.12 Å². The summed E-state index contributed by atoms with van der Waals surface area (Å²) >= 11 is 0. The van der Waals surface area contributed by atoms with Gasteiger partial charge in [-0.15, -0.1) is 0 Å². The summed E-state index contributed by atoms with van der Waals surface area (Å²) in [5.41, 5.74) is 0. The zero-order chi connectivity index (χ0) is 7.82. The maximum absolute atomic E-state index is 8.24. The molecule has 0 aromatic rings. The van der Waals surface area contributed by atoms with Crippen LogP contribution in [0.1, 0.15) is 12.8 Å². The van der Waals surface area contributed by atoms with Crippen LogP contribution in [0.25, 0.3) is 0 Å². The van der Waals surface area contributed by atoms with E-state index in [4.69, 9.17) is 9.38 Å². The van der Waals surface area contributed by atoms with Crippen molar-refractivity contribution in [3.8, 4) is 6.07 Å². The first kappa shape index (κ1) is 9.88. The minimum Gasteiger partial charge on any atom is -0.463 e. The van der Waals surface area contributed by atoms with Gasteiger partial charge < -0.3 is 4.12 Å². The zero-order valence-corrected chi connectivity index (χ0v) is 9.33. The predicted octanol–water partition coefficient (Wildman–Crippen LogP) is 0.792. The van der Waals surface area contributed by atoms with Gasteiger partial charge in [0.15, 0.2) is 9.04 Å². The normalized spacial score (nSPS) is 13.7. The quantitative estimate of drug-likeness (QED) is 0.455. The van der Waals surface area contributed by atoms with Crippen LogP contribution in [0.3, 0.4) is 0 Å². The molecule has 0 saturated heterocycles. The van der Waals surface area contributed by atoms with Crippen molar-refractivity contribution in [3.63, 3.8) is 0 Å². The van der Waals surface area contributed by atoms with Gasteiger partial charge in [0.2, 0.25) is 0 Å². The van der Waals surface area contributed by atoms with Crippen molar-refractivity contribution in [1.82, 2.24) is 0 Å². The van der Waals surface area contributed by atoms with Crippen molar-refractivity contribution < 1.29 is 4.12 Å².